The molecule has 134 valence electrons. The van der Waals surface area contributed by atoms with Crippen LogP contribution < -0.4 is 0 Å². The van der Waals surface area contributed by atoms with E-state index in [4.69, 9.17) is 0 Å². The summed E-state index contributed by atoms with van der Waals surface area (Å²) in [6.45, 7) is 5.74. The minimum Gasteiger partial charge on any atom is -0.206 e. The largest absolute Gasteiger partial charge is 0.206 e. The molecule has 4 heteroatoms. The van der Waals surface area contributed by atoms with E-state index in [0.717, 1.165) is 16.8 Å². The van der Waals surface area contributed by atoms with Crippen LogP contribution >= 0.6 is 12.2 Å². The van der Waals surface area contributed by atoms with Crippen molar-refractivity contribution in [2.45, 2.75) is 13.3 Å². The lowest BCUT2D eigenvalue weighted by atomic mass is 9.96. The monoisotopic (exact) mass is 377 g/mol. The zero-order valence-electron chi connectivity index (χ0n) is 14.8. The summed E-state index contributed by atoms with van der Waals surface area (Å²) >= 11 is 4.59. The molecule has 0 fully saturated rings. The third-order valence-corrected chi connectivity index (χ3v) is 4.52. The van der Waals surface area contributed by atoms with Gasteiger partial charge in [-0.05, 0) is 70.7 Å². The quantitative estimate of drug-likeness (QED) is 0.332. The van der Waals surface area contributed by atoms with Gasteiger partial charge < -0.3 is 0 Å². The Balaban J connectivity index is 1.93. The fourth-order valence-corrected chi connectivity index (χ4v) is 2.97. The molecular weight excluding hydrogens is 360 g/mol. The number of benzene rings is 3. The minimum atomic E-state index is -0.588. The maximum atomic E-state index is 14.5. The molecule has 3 aromatic rings. The van der Waals surface area contributed by atoms with Crippen LogP contribution in [-0.4, -0.2) is 5.16 Å². The van der Waals surface area contributed by atoms with Crippen molar-refractivity contribution < 1.29 is 8.78 Å². The van der Waals surface area contributed by atoms with E-state index in [1.807, 2.05) is 43.3 Å². The molecule has 3 aromatic carbocycles. The maximum absolute atomic E-state index is 14.5. The number of aliphatic imine (C=N–C) groups is 1. The molecular formula is C23H17F2NS. The molecule has 0 atom stereocenters. The van der Waals surface area contributed by atoms with Gasteiger partial charge in [0.25, 0.3) is 0 Å². The molecule has 0 radical (unpaired) electrons. The van der Waals surface area contributed by atoms with E-state index in [0.29, 0.717) is 23.1 Å². The van der Waals surface area contributed by atoms with Crippen molar-refractivity contribution in [3.05, 3.63) is 84.4 Å². The van der Waals surface area contributed by atoms with Gasteiger partial charge in [-0.15, -0.1) is 0 Å². The van der Waals surface area contributed by atoms with Gasteiger partial charge in [0.1, 0.15) is 11.6 Å². The molecule has 0 bridgehead atoms. The maximum Gasteiger partial charge on any atom is 0.134 e. The second kappa shape index (κ2) is 8.17. The van der Waals surface area contributed by atoms with Crippen LogP contribution in [0.1, 0.15) is 18.9 Å². The van der Waals surface area contributed by atoms with Crippen molar-refractivity contribution in [3.8, 4) is 22.3 Å². The van der Waals surface area contributed by atoms with Crippen LogP contribution in [-0.2, 0) is 0 Å². The number of thiocarbonyl (C=S) groups is 1. The standard InChI is InChI=1S/C23H17F2NS/c1-3-15(2)19-12-21(24)23(22(25)13-19)18-6-4-16(5-7-18)17-8-10-20(11-9-17)26-14-27/h4-13H,2-3H2,1H3. The lowest BCUT2D eigenvalue weighted by molar-refractivity contribution is 0.589. The van der Waals surface area contributed by atoms with Crippen LogP contribution in [0.2, 0.25) is 0 Å². The first kappa shape index (κ1) is 18.8. The Morgan fingerprint density at radius 1 is 0.926 bits per heavy atom. The lowest BCUT2D eigenvalue weighted by Gasteiger charge is -2.10. The van der Waals surface area contributed by atoms with Gasteiger partial charge in [-0.2, -0.15) is 4.99 Å². The second-order valence-corrected chi connectivity index (χ2v) is 6.28. The molecule has 0 N–H and O–H groups in total. The van der Waals surface area contributed by atoms with Crippen molar-refractivity contribution in [1.29, 1.82) is 0 Å². The molecule has 0 aliphatic carbocycles. The summed E-state index contributed by atoms with van der Waals surface area (Å²) in [7, 11) is 0. The van der Waals surface area contributed by atoms with Crippen LogP contribution in [0.5, 0.6) is 0 Å². The summed E-state index contributed by atoms with van der Waals surface area (Å²) in [5, 5.41) is 2.33. The molecule has 0 spiro atoms. The van der Waals surface area contributed by atoms with E-state index in [2.05, 4.69) is 29.0 Å². The molecule has 3 rings (SSSR count). The van der Waals surface area contributed by atoms with Crippen LogP contribution in [0.25, 0.3) is 27.8 Å². The Hall–Kier alpha value is -2.94. The van der Waals surface area contributed by atoms with Gasteiger partial charge in [0, 0.05) is 0 Å². The summed E-state index contributed by atoms with van der Waals surface area (Å²) in [6.07, 6.45) is 0.640. The molecule has 0 aliphatic heterocycles. The molecule has 0 amide bonds. The summed E-state index contributed by atoms with van der Waals surface area (Å²) in [4.78, 5) is 3.92. The number of halogens is 2. The van der Waals surface area contributed by atoms with Gasteiger partial charge in [0.05, 0.1) is 16.4 Å². The van der Waals surface area contributed by atoms with E-state index < -0.39 is 11.6 Å². The van der Waals surface area contributed by atoms with Crippen LogP contribution in [0.4, 0.5) is 14.5 Å². The highest BCUT2D eigenvalue weighted by Gasteiger charge is 2.14. The average Bonchev–Trinajstić information content (AvgIpc) is 2.68. The molecule has 0 saturated carbocycles. The molecule has 0 unspecified atom stereocenters. The van der Waals surface area contributed by atoms with E-state index in [9.17, 15) is 8.78 Å². The molecule has 0 aromatic heterocycles. The first-order chi connectivity index (χ1) is 13.0. The average molecular weight is 377 g/mol. The van der Waals surface area contributed by atoms with Gasteiger partial charge in [0.15, 0.2) is 0 Å². The first-order valence-corrected chi connectivity index (χ1v) is 8.90. The highest BCUT2D eigenvalue weighted by atomic mass is 32.1. The first-order valence-electron chi connectivity index (χ1n) is 8.49. The number of rotatable bonds is 5. The SMILES string of the molecule is C=C(CC)c1cc(F)c(-c2ccc(-c3ccc(N=C=S)cc3)cc2)c(F)c1. The molecule has 27 heavy (non-hydrogen) atoms. The zero-order chi connectivity index (χ0) is 19.4. The third kappa shape index (κ3) is 4.08. The molecule has 0 aliphatic rings. The Bertz CT molecular complexity index is 1010. The number of isothiocyanates is 1. The topological polar surface area (TPSA) is 12.4 Å². The smallest absolute Gasteiger partial charge is 0.134 e. The zero-order valence-corrected chi connectivity index (χ0v) is 15.6. The highest BCUT2D eigenvalue weighted by molar-refractivity contribution is 7.78. The van der Waals surface area contributed by atoms with E-state index in [-0.39, 0.29) is 5.56 Å². The minimum absolute atomic E-state index is 0.0279. The predicted molar refractivity (Wildman–Crippen MR) is 111 cm³/mol. The predicted octanol–water partition coefficient (Wildman–Crippen LogP) is 7.46. The Morgan fingerprint density at radius 2 is 1.41 bits per heavy atom. The van der Waals surface area contributed by atoms with E-state index in [1.54, 1.807) is 12.1 Å². The van der Waals surface area contributed by atoms with Crippen molar-refractivity contribution in [3.63, 3.8) is 0 Å². The number of nitrogens with zero attached hydrogens (tertiary/aromatic N) is 1. The molecule has 1 nitrogen and oxygen atoms in total. The number of allylic oxidation sites excluding steroid dienone is 1. The Morgan fingerprint density at radius 3 is 1.89 bits per heavy atom. The second-order valence-electron chi connectivity index (χ2n) is 6.10. The Kier molecular flexibility index (Phi) is 5.70. The van der Waals surface area contributed by atoms with Crippen molar-refractivity contribution >= 4 is 28.6 Å². The number of hydrogen-bond donors (Lipinski definition) is 0. The summed E-state index contributed by atoms with van der Waals surface area (Å²) in [5.74, 6) is -1.18. The molecule has 0 saturated heterocycles. The van der Waals surface area contributed by atoms with Crippen LogP contribution in [0, 0.1) is 11.6 Å². The van der Waals surface area contributed by atoms with Crippen LogP contribution in [0.3, 0.4) is 0 Å². The fourth-order valence-electron chi connectivity index (χ4n) is 2.87. The summed E-state index contributed by atoms with van der Waals surface area (Å²) in [6, 6.07) is 17.3. The van der Waals surface area contributed by atoms with Gasteiger partial charge in [-0.25, -0.2) is 8.78 Å². The normalized spacial score (nSPS) is 10.3. The van der Waals surface area contributed by atoms with Gasteiger partial charge in [-0.3, -0.25) is 0 Å². The van der Waals surface area contributed by atoms with Crippen molar-refractivity contribution in [2.24, 2.45) is 4.99 Å². The van der Waals surface area contributed by atoms with Gasteiger partial charge in [-0.1, -0.05) is 49.9 Å². The van der Waals surface area contributed by atoms with Crippen molar-refractivity contribution in [2.75, 3.05) is 0 Å². The summed E-state index contributed by atoms with van der Waals surface area (Å²) in [5.41, 5.74) is 4.30. The van der Waals surface area contributed by atoms with E-state index >= 15 is 0 Å². The molecule has 0 heterocycles. The highest BCUT2D eigenvalue weighted by Crippen LogP contribution is 2.31. The Labute approximate surface area is 162 Å². The fraction of sp³-hybridized carbons (Fsp3) is 0.0870. The third-order valence-electron chi connectivity index (χ3n) is 4.43. The van der Waals surface area contributed by atoms with Gasteiger partial charge in [0.2, 0.25) is 0 Å². The number of hydrogen-bond acceptors (Lipinski definition) is 2. The van der Waals surface area contributed by atoms with E-state index in [1.165, 1.54) is 12.1 Å². The summed E-state index contributed by atoms with van der Waals surface area (Å²) < 4.78 is 29.1. The lowest BCUT2D eigenvalue weighted by Crippen LogP contribution is -1.94. The van der Waals surface area contributed by atoms with Crippen molar-refractivity contribution in [1.82, 2.24) is 0 Å². The van der Waals surface area contributed by atoms with Crippen LogP contribution in [0.15, 0.2) is 72.2 Å². The van der Waals surface area contributed by atoms with Gasteiger partial charge >= 0.3 is 0 Å².